The molecule has 0 spiro atoms. The zero-order valence-electron chi connectivity index (χ0n) is 23.0. The lowest BCUT2D eigenvalue weighted by Crippen LogP contribution is -2.58. The molecule has 0 N–H and O–H groups in total. The summed E-state index contributed by atoms with van der Waals surface area (Å²) >= 11 is 0. The molecule has 1 aliphatic heterocycles. The van der Waals surface area contributed by atoms with Crippen LogP contribution in [0.15, 0.2) is 36.4 Å². The Morgan fingerprint density at radius 1 is 1.00 bits per heavy atom. The van der Waals surface area contributed by atoms with Crippen molar-refractivity contribution in [2.24, 2.45) is 0 Å². The molecule has 1 aliphatic rings. The van der Waals surface area contributed by atoms with Crippen molar-refractivity contribution in [1.29, 1.82) is 0 Å². The molecule has 6 heteroatoms. The zero-order chi connectivity index (χ0) is 26.8. The van der Waals surface area contributed by atoms with Gasteiger partial charge in [-0.2, -0.15) is 0 Å². The Labute approximate surface area is 215 Å². The lowest BCUT2D eigenvalue weighted by atomic mass is 9.79. The highest BCUT2D eigenvalue weighted by Gasteiger charge is 2.33. The molecule has 2 unspecified atom stereocenters. The molecule has 2 atom stereocenters. The van der Waals surface area contributed by atoms with E-state index in [9.17, 15) is 14.0 Å². The van der Waals surface area contributed by atoms with Crippen LogP contribution in [0.3, 0.4) is 0 Å². The summed E-state index contributed by atoms with van der Waals surface area (Å²) in [5, 5.41) is 0. The summed E-state index contributed by atoms with van der Waals surface area (Å²) in [6, 6.07) is 10.7. The van der Waals surface area contributed by atoms with Gasteiger partial charge in [0.05, 0.1) is 5.56 Å². The molecule has 0 radical (unpaired) electrons. The van der Waals surface area contributed by atoms with E-state index in [4.69, 9.17) is 4.74 Å². The van der Waals surface area contributed by atoms with Crippen LogP contribution in [0.4, 0.5) is 4.39 Å². The Bertz CT molecular complexity index is 1080. The predicted octanol–water partition coefficient (Wildman–Crippen LogP) is 5.73. The number of nitrogens with zero attached hydrogens (tertiary/aromatic N) is 2. The van der Waals surface area contributed by atoms with E-state index < -0.39 is 0 Å². The van der Waals surface area contributed by atoms with Crippen LogP contribution in [0.2, 0.25) is 0 Å². The standard InChI is InChI=1S/C30H41FN2O3/c1-20-16-33(21(2)15-32(20)17-22-9-11-25(31)12-10-22)27(35)19-36-28-23(18-34)13-24(29(3,4)5)14-26(28)30(6,7)8/h9-14,18,20-21H,15-17,19H2,1-8H3. The number of halogens is 1. The Morgan fingerprint density at radius 3 is 2.19 bits per heavy atom. The summed E-state index contributed by atoms with van der Waals surface area (Å²) in [7, 11) is 0. The van der Waals surface area contributed by atoms with Gasteiger partial charge in [0.1, 0.15) is 11.6 Å². The minimum Gasteiger partial charge on any atom is -0.483 e. The summed E-state index contributed by atoms with van der Waals surface area (Å²) < 4.78 is 19.4. The van der Waals surface area contributed by atoms with Crippen molar-refractivity contribution in [3.8, 4) is 5.75 Å². The fourth-order valence-electron chi connectivity index (χ4n) is 4.70. The zero-order valence-corrected chi connectivity index (χ0v) is 23.0. The molecule has 36 heavy (non-hydrogen) atoms. The largest absolute Gasteiger partial charge is 0.483 e. The molecule has 0 bridgehead atoms. The van der Waals surface area contributed by atoms with Crippen molar-refractivity contribution >= 4 is 12.2 Å². The van der Waals surface area contributed by atoms with E-state index in [0.29, 0.717) is 24.4 Å². The van der Waals surface area contributed by atoms with E-state index in [-0.39, 0.29) is 41.2 Å². The lowest BCUT2D eigenvalue weighted by Gasteiger charge is -2.44. The molecule has 5 nitrogen and oxygen atoms in total. The fourth-order valence-corrected chi connectivity index (χ4v) is 4.70. The van der Waals surface area contributed by atoms with Crippen molar-refractivity contribution in [1.82, 2.24) is 9.80 Å². The number of aldehydes is 1. The minimum absolute atomic E-state index is 0.00800. The molecule has 1 heterocycles. The van der Waals surface area contributed by atoms with Gasteiger partial charge in [-0.15, -0.1) is 0 Å². The number of carbonyl (C=O) groups excluding carboxylic acids is 2. The van der Waals surface area contributed by atoms with E-state index in [1.54, 1.807) is 12.1 Å². The summed E-state index contributed by atoms with van der Waals surface area (Å²) in [5.74, 6) is 0.165. The first-order valence-electron chi connectivity index (χ1n) is 12.8. The topological polar surface area (TPSA) is 49.9 Å². The number of hydrogen-bond acceptors (Lipinski definition) is 4. The Morgan fingerprint density at radius 2 is 1.64 bits per heavy atom. The summed E-state index contributed by atoms with van der Waals surface area (Å²) in [4.78, 5) is 29.5. The number of hydrogen-bond donors (Lipinski definition) is 0. The van der Waals surface area contributed by atoms with Crippen molar-refractivity contribution in [2.75, 3.05) is 19.7 Å². The Balaban J connectivity index is 1.74. The van der Waals surface area contributed by atoms with Gasteiger partial charge < -0.3 is 9.64 Å². The fraction of sp³-hybridized carbons (Fsp3) is 0.533. The van der Waals surface area contributed by atoms with Gasteiger partial charge in [-0.25, -0.2) is 4.39 Å². The average Bonchev–Trinajstić information content (AvgIpc) is 2.79. The first kappa shape index (κ1) is 27.9. The summed E-state index contributed by atoms with van der Waals surface area (Å²) in [6.45, 7) is 18.6. The van der Waals surface area contributed by atoms with Gasteiger partial charge >= 0.3 is 0 Å². The van der Waals surface area contributed by atoms with Crippen LogP contribution in [-0.2, 0) is 22.2 Å². The van der Waals surface area contributed by atoms with Gasteiger partial charge in [-0.3, -0.25) is 14.5 Å². The number of ether oxygens (including phenoxy) is 1. The van der Waals surface area contributed by atoms with Crippen molar-refractivity contribution in [2.45, 2.75) is 84.8 Å². The monoisotopic (exact) mass is 496 g/mol. The number of piperazine rings is 1. The third-order valence-electron chi connectivity index (χ3n) is 6.99. The van der Waals surface area contributed by atoms with Gasteiger partial charge in [-0.1, -0.05) is 59.7 Å². The van der Waals surface area contributed by atoms with Crippen LogP contribution in [-0.4, -0.2) is 53.8 Å². The molecular weight excluding hydrogens is 455 g/mol. The molecule has 0 saturated carbocycles. The maximum absolute atomic E-state index is 13.3. The maximum atomic E-state index is 13.3. The van der Waals surface area contributed by atoms with Crippen molar-refractivity contribution in [3.05, 3.63) is 64.5 Å². The third-order valence-corrected chi connectivity index (χ3v) is 6.99. The van der Waals surface area contributed by atoms with Crippen LogP contribution in [0.5, 0.6) is 5.75 Å². The number of amides is 1. The van der Waals surface area contributed by atoms with E-state index in [0.717, 1.165) is 29.5 Å². The second-order valence-electron chi connectivity index (χ2n) is 12.1. The maximum Gasteiger partial charge on any atom is 0.260 e. The normalized spacial score (nSPS) is 19.3. The highest BCUT2D eigenvalue weighted by molar-refractivity contribution is 5.83. The van der Waals surface area contributed by atoms with E-state index >= 15 is 0 Å². The van der Waals surface area contributed by atoms with Crippen LogP contribution in [0, 0.1) is 5.82 Å². The van der Waals surface area contributed by atoms with Gasteiger partial charge in [0.2, 0.25) is 0 Å². The first-order chi connectivity index (χ1) is 16.7. The van der Waals surface area contributed by atoms with Crippen LogP contribution < -0.4 is 4.74 Å². The van der Waals surface area contributed by atoms with Gasteiger partial charge in [0.25, 0.3) is 5.91 Å². The van der Waals surface area contributed by atoms with Gasteiger partial charge in [-0.05, 0) is 54.0 Å². The number of carbonyl (C=O) groups is 2. The van der Waals surface area contributed by atoms with E-state index in [1.807, 2.05) is 17.9 Å². The van der Waals surface area contributed by atoms with Gasteiger partial charge in [0.15, 0.2) is 12.9 Å². The van der Waals surface area contributed by atoms with E-state index in [1.165, 1.54) is 12.1 Å². The smallest absolute Gasteiger partial charge is 0.260 e. The van der Waals surface area contributed by atoms with Gasteiger partial charge in [0, 0.05) is 37.3 Å². The molecule has 1 fully saturated rings. The average molecular weight is 497 g/mol. The molecule has 0 aromatic heterocycles. The Hall–Kier alpha value is -2.73. The molecule has 196 valence electrons. The highest BCUT2D eigenvalue weighted by Crippen LogP contribution is 2.38. The second kappa shape index (κ2) is 10.7. The van der Waals surface area contributed by atoms with Crippen LogP contribution in [0.1, 0.15) is 82.4 Å². The summed E-state index contributed by atoms with van der Waals surface area (Å²) in [5.41, 5.74) is 3.14. The Kier molecular flexibility index (Phi) is 8.29. The number of benzene rings is 2. The predicted molar refractivity (Wildman–Crippen MR) is 142 cm³/mol. The molecular formula is C30H41FN2O3. The lowest BCUT2D eigenvalue weighted by molar-refractivity contribution is -0.139. The molecule has 1 amide bonds. The van der Waals surface area contributed by atoms with E-state index in [2.05, 4.69) is 59.4 Å². The first-order valence-corrected chi connectivity index (χ1v) is 12.8. The van der Waals surface area contributed by atoms with Crippen LogP contribution in [0.25, 0.3) is 0 Å². The summed E-state index contributed by atoms with van der Waals surface area (Å²) in [6.07, 6.45) is 0.823. The van der Waals surface area contributed by atoms with Crippen molar-refractivity contribution < 1.29 is 18.7 Å². The molecule has 3 rings (SSSR count). The third kappa shape index (κ3) is 6.52. The SMILES string of the molecule is CC1CN(C(=O)COc2c(C=O)cc(C(C)(C)C)cc2C(C)(C)C)C(C)CN1Cc1ccc(F)cc1. The minimum atomic E-state index is -0.259. The number of rotatable bonds is 6. The highest BCUT2D eigenvalue weighted by atomic mass is 19.1. The van der Waals surface area contributed by atoms with Crippen molar-refractivity contribution in [3.63, 3.8) is 0 Å². The molecule has 2 aromatic carbocycles. The second-order valence-corrected chi connectivity index (χ2v) is 12.1. The molecule has 0 aliphatic carbocycles. The molecule has 1 saturated heterocycles. The quantitative estimate of drug-likeness (QED) is 0.479. The van der Waals surface area contributed by atoms with Crippen LogP contribution >= 0.6 is 0 Å². The molecule has 2 aromatic rings.